The molecular formula is C15H27N3O. The van der Waals surface area contributed by atoms with E-state index in [1.54, 1.807) is 0 Å². The van der Waals surface area contributed by atoms with E-state index in [0.717, 1.165) is 18.5 Å². The summed E-state index contributed by atoms with van der Waals surface area (Å²) in [5, 5.41) is 6.47. The van der Waals surface area contributed by atoms with Crippen molar-refractivity contribution in [3.05, 3.63) is 0 Å². The fourth-order valence-corrected chi connectivity index (χ4v) is 3.54. The average molecular weight is 265 g/mol. The van der Waals surface area contributed by atoms with Gasteiger partial charge in [-0.3, -0.25) is 4.79 Å². The van der Waals surface area contributed by atoms with E-state index in [1.807, 2.05) is 0 Å². The van der Waals surface area contributed by atoms with Gasteiger partial charge in [0.1, 0.15) is 0 Å². The first-order chi connectivity index (χ1) is 9.31. The molecular weight excluding hydrogens is 238 g/mol. The molecule has 1 heterocycles. The molecule has 108 valence electrons. The Balaban J connectivity index is 1.26. The van der Waals surface area contributed by atoms with Gasteiger partial charge in [0.05, 0.1) is 6.54 Å². The molecule has 1 unspecified atom stereocenters. The van der Waals surface area contributed by atoms with Gasteiger partial charge in [-0.05, 0) is 51.1 Å². The van der Waals surface area contributed by atoms with Crippen LogP contribution in [0.5, 0.6) is 0 Å². The first kappa shape index (κ1) is 13.4. The molecule has 1 saturated heterocycles. The van der Waals surface area contributed by atoms with Crippen LogP contribution in [0.25, 0.3) is 0 Å². The summed E-state index contributed by atoms with van der Waals surface area (Å²) < 4.78 is 0. The second-order valence-electron chi connectivity index (χ2n) is 6.56. The second-order valence-corrected chi connectivity index (χ2v) is 6.56. The quantitative estimate of drug-likeness (QED) is 0.756. The molecule has 2 aliphatic carbocycles. The highest BCUT2D eigenvalue weighted by Crippen LogP contribution is 2.31. The molecule has 0 spiro atoms. The Hall–Kier alpha value is -0.610. The molecule has 3 aliphatic rings. The van der Waals surface area contributed by atoms with Crippen molar-refractivity contribution in [3.63, 3.8) is 0 Å². The third-order valence-corrected chi connectivity index (χ3v) is 4.82. The summed E-state index contributed by atoms with van der Waals surface area (Å²) >= 11 is 0. The molecule has 1 aliphatic heterocycles. The lowest BCUT2D eigenvalue weighted by Crippen LogP contribution is -2.40. The number of likely N-dealkylation sites (tertiary alicyclic amines) is 1. The van der Waals surface area contributed by atoms with Crippen LogP contribution in [0.15, 0.2) is 0 Å². The van der Waals surface area contributed by atoms with Crippen molar-refractivity contribution in [2.45, 2.75) is 57.0 Å². The van der Waals surface area contributed by atoms with Gasteiger partial charge in [-0.25, -0.2) is 0 Å². The zero-order chi connectivity index (χ0) is 13.1. The van der Waals surface area contributed by atoms with Crippen LogP contribution in [0.4, 0.5) is 0 Å². The summed E-state index contributed by atoms with van der Waals surface area (Å²) in [7, 11) is 0. The number of carbonyl (C=O) groups is 1. The summed E-state index contributed by atoms with van der Waals surface area (Å²) in [4.78, 5) is 14.4. The van der Waals surface area contributed by atoms with Gasteiger partial charge in [0.15, 0.2) is 0 Å². The van der Waals surface area contributed by atoms with Crippen molar-refractivity contribution in [1.29, 1.82) is 0 Å². The van der Waals surface area contributed by atoms with Crippen molar-refractivity contribution in [3.8, 4) is 0 Å². The summed E-state index contributed by atoms with van der Waals surface area (Å²) in [6.07, 6.45) is 9.01. The van der Waals surface area contributed by atoms with Crippen LogP contribution in [0.1, 0.15) is 44.9 Å². The molecule has 3 fully saturated rings. The molecule has 1 amide bonds. The van der Waals surface area contributed by atoms with Crippen molar-refractivity contribution in [2.75, 3.05) is 26.2 Å². The highest BCUT2D eigenvalue weighted by Gasteiger charge is 2.34. The Morgan fingerprint density at radius 2 is 1.89 bits per heavy atom. The number of hydrogen-bond acceptors (Lipinski definition) is 3. The fraction of sp³-hybridized carbons (Fsp3) is 0.933. The van der Waals surface area contributed by atoms with E-state index in [-0.39, 0.29) is 5.91 Å². The number of nitrogens with zero attached hydrogens (tertiary/aromatic N) is 1. The van der Waals surface area contributed by atoms with Gasteiger partial charge in [-0.15, -0.1) is 0 Å². The number of hydrogen-bond donors (Lipinski definition) is 2. The van der Waals surface area contributed by atoms with Crippen molar-refractivity contribution < 1.29 is 4.79 Å². The predicted molar refractivity (Wildman–Crippen MR) is 76.0 cm³/mol. The van der Waals surface area contributed by atoms with E-state index in [0.29, 0.717) is 12.6 Å². The third-order valence-electron chi connectivity index (χ3n) is 4.82. The minimum Gasteiger partial charge on any atom is -0.352 e. The molecule has 0 aromatic heterocycles. The standard InChI is InChI=1S/C15H27N3O/c19-15(17-13-3-1-2-4-13)10-16-9-12-7-8-18(11-12)14-5-6-14/h12-14,16H,1-11H2,(H,17,19). The fourth-order valence-electron chi connectivity index (χ4n) is 3.54. The largest absolute Gasteiger partial charge is 0.352 e. The van der Waals surface area contributed by atoms with Gasteiger partial charge < -0.3 is 15.5 Å². The van der Waals surface area contributed by atoms with Crippen LogP contribution in [0.3, 0.4) is 0 Å². The van der Waals surface area contributed by atoms with Crippen LogP contribution in [0, 0.1) is 5.92 Å². The summed E-state index contributed by atoms with van der Waals surface area (Å²) in [5.74, 6) is 0.934. The molecule has 0 radical (unpaired) electrons. The second kappa shape index (κ2) is 6.23. The van der Waals surface area contributed by atoms with Crippen molar-refractivity contribution in [2.24, 2.45) is 5.92 Å². The van der Waals surface area contributed by atoms with Crippen molar-refractivity contribution in [1.82, 2.24) is 15.5 Å². The minimum absolute atomic E-state index is 0.184. The number of rotatable bonds is 6. The van der Waals surface area contributed by atoms with E-state index in [9.17, 15) is 4.79 Å². The van der Waals surface area contributed by atoms with Crippen LogP contribution in [0.2, 0.25) is 0 Å². The minimum atomic E-state index is 0.184. The highest BCUT2D eigenvalue weighted by atomic mass is 16.1. The van der Waals surface area contributed by atoms with E-state index in [4.69, 9.17) is 0 Å². The van der Waals surface area contributed by atoms with Gasteiger partial charge in [0.2, 0.25) is 5.91 Å². The molecule has 4 nitrogen and oxygen atoms in total. The molecule has 0 bridgehead atoms. The lowest BCUT2D eigenvalue weighted by atomic mass is 10.1. The molecule has 19 heavy (non-hydrogen) atoms. The van der Waals surface area contributed by atoms with Crippen LogP contribution < -0.4 is 10.6 Å². The van der Waals surface area contributed by atoms with Gasteiger partial charge in [0.25, 0.3) is 0 Å². The molecule has 3 rings (SSSR count). The zero-order valence-corrected chi connectivity index (χ0v) is 11.9. The summed E-state index contributed by atoms with van der Waals surface area (Å²) in [6, 6.07) is 1.35. The van der Waals surface area contributed by atoms with Gasteiger partial charge in [-0.1, -0.05) is 12.8 Å². The number of amides is 1. The lowest BCUT2D eigenvalue weighted by Gasteiger charge is -2.16. The Labute approximate surface area is 116 Å². The normalized spacial score (nSPS) is 28.9. The maximum absolute atomic E-state index is 11.8. The topological polar surface area (TPSA) is 44.4 Å². The maximum Gasteiger partial charge on any atom is 0.234 e. The SMILES string of the molecule is O=C(CNCC1CCN(C2CC2)C1)NC1CCCC1. The Bertz CT molecular complexity index is 311. The predicted octanol–water partition coefficient (Wildman–Crippen LogP) is 1.12. The summed E-state index contributed by atoms with van der Waals surface area (Å²) in [5.41, 5.74) is 0. The van der Waals surface area contributed by atoms with Gasteiger partial charge in [0, 0.05) is 18.6 Å². The lowest BCUT2D eigenvalue weighted by molar-refractivity contribution is -0.120. The van der Waals surface area contributed by atoms with Crippen LogP contribution >= 0.6 is 0 Å². The van der Waals surface area contributed by atoms with Gasteiger partial charge >= 0.3 is 0 Å². The van der Waals surface area contributed by atoms with Crippen LogP contribution in [-0.2, 0) is 4.79 Å². The molecule has 1 atom stereocenters. The maximum atomic E-state index is 11.8. The molecule has 4 heteroatoms. The van der Waals surface area contributed by atoms with Crippen molar-refractivity contribution >= 4 is 5.91 Å². The first-order valence-corrected chi connectivity index (χ1v) is 8.05. The first-order valence-electron chi connectivity index (χ1n) is 8.05. The monoisotopic (exact) mass is 265 g/mol. The molecule has 0 aromatic carbocycles. The number of carbonyl (C=O) groups excluding carboxylic acids is 1. The van der Waals surface area contributed by atoms with E-state index in [1.165, 1.54) is 58.0 Å². The average Bonchev–Trinajstić information content (AvgIpc) is 2.92. The molecule has 2 saturated carbocycles. The number of nitrogens with one attached hydrogen (secondary N) is 2. The van der Waals surface area contributed by atoms with E-state index < -0.39 is 0 Å². The van der Waals surface area contributed by atoms with Gasteiger partial charge in [-0.2, -0.15) is 0 Å². The van der Waals surface area contributed by atoms with Crippen LogP contribution in [-0.4, -0.2) is 49.1 Å². The van der Waals surface area contributed by atoms with E-state index in [2.05, 4.69) is 15.5 Å². The Morgan fingerprint density at radius 1 is 1.11 bits per heavy atom. The Morgan fingerprint density at radius 3 is 2.63 bits per heavy atom. The highest BCUT2D eigenvalue weighted by molar-refractivity contribution is 5.78. The third kappa shape index (κ3) is 3.93. The Kier molecular flexibility index (Phi) is 4.38. The zero-order valence-electron chi connectivity index (χ0n) is 11.9. The molecule has 2 N–H and O–H groups in total. The van der Waals surface area contributed by atoms with E-state index >= 15 is 0 Å². The molecule has 0 aromatic rings. The summed E-state index contributed by atoms with van der Waals surface area (Å²) in [6.45, 7) is 4.00. The smallest absolute Gasteiger partial charge is 0.234 e.